The molecule has 0 spiro atoms. The number of hydrogen-bond donors (Lipinski definition) is 1. The number of aromatic amines is 1. The summed E-state index contributed by atoms with van der Waals surface area (Å²) in [6, 6.07) is 16.5. The van der Waals surface area contributed by atoms with Crippen LogP contribution in [-0.4, -0.2) is 29.8 Å². The maximum Gasteiger partial charge on any atom is 0.328 e. The summed E-state index contributed by atoms with van der Waals surface area (Å²) >= 11 is 0. The number of tetrazole rings is 1. The number of nitrogens with zero attached hydrogens (tertiary/aromatic N) is 5. The van der Waals surface area contributed by atoms with E-state index in [1.54, 1.807) is 0 Å². The van der Waals surface area contributed by atoms with Gasteiger partial charge in [-0.05, 0) is 54.0 Å². The fourth-order valence-electron chi connectivity index (χ4n) is 5.49. The number of nitrogens with one attached hydrogen (secondary N) is 1. The molecule has 182 valence electrons. The van der Waals surface area contributed by atoms with Crippen molar-refractivity contribution in [1.29, 1.82) is 0 Å². The number of rotatable bonds is 8. The molecule has 2 aromatic heterocycles. The first kappa shape index (κ1) is 23.3. The summed E-state index contributed by atoms with van der Waals surface area (Å²) < 4.78 is 4.06. The van der Waals surface area contributed by atoms with Gasteiger partial charge in [-0.25, -0.2) is 4.79 Å². The molecule has 0 atom stereocenters. The zero-order valence-electron chi connectivity index (χ0n) is 20.7. The average molecular weight is 471 g/mol. The Balaban J connectivity index is 1.42. The molecule has 7 nitrogen and oxygen atoms in total. The van der Waals surface area contributed by atoms with Gasteiger partial charge in [0, 0.05) is 23.5 Å². The molecule has 35 heavy (non-hydrogen) atoms. The average Bonchev–Trinajstić information content (AvgIpc) is 3.51. The summed E-state index contributed by atoms with van der Waals surface area (Å²) in [5.74, 6) is 1.21. The van der Waals surface area contributed by atoms with E-state index >= 15 is 0 Å². The van der Waals surface area contributed by atoms with Crippen LogP contribution in [0.5, 0.6) is 0 Å². The van der Waals surface area contributed by atoms with Gasteiger partial charge in [-0.3, -0.25) is 9.13 Å². The standard InChI is InChI=1S/C28H34N6O/c1-3-9-26-20(2)33(18-21-10-5-4-6-11-21)28(35)34(26)19-22-14-16-23(17-15-22)24-12-7-8-13-25(24)27-29-31-32-30-27/h7-8,12-17,21H,3-6,9-11,18-19H2,1-2H3,(H,29,30,31,32). The van der Waals surface area contributed by atoms with Gasteiger partial charge in [-0.15, -0.1) is 10.2 Å². The molecule has 0 bridgehead atoms. The van der Waals surface area contributed by atoms with Crippen LogP contribution in [0, 0.1) is 12.8 Å². The van der Waals surface area contributed by atoms with E-state index in [0.29, 0.717) is 18.3 Å². The molecule has 1 N–H and O–H groups in total. The molecule has 1 aliphatic carbocycles. The molecule has 0 aliphatic heterocycles. The predicted octanol–water partition coefficient (Wildman–Crippen LogP) is 5.39. The van der Waals surface area contributed by atoms with E-state index in [1.165, 1.54) is 37.8 Å². The predicted molar refractivity (Wildman–Crippen MR) is 138 cm³/mol. The van der Waals surface area contributed by atoms with Gasteiger partial charge in [0.1, 0.15) is 0 Å². The molecular weight excluding hydrogens is 436 g/mol. The van der Waals surface area contributed by atoms with Crippen molar-refractivity contribution in [3.05, 3.63) is 76.0 Å². The van der Waals surface area contributed by atoms with Gasteiger partial charge >= 0.3 is 5.69 Å². The molecule has 0 saturated heterocycles. The van der Waals surface area contributed by atoms with Crippen molar-refractivity contribution in [3.8, 4) is 22.5 Å². The van der Waals surface area contributed by atoms with E-state index in [2.05, 4.69) is 69.4 Å². The van der Waals surface area contributed by atoms with E-state index in [4.69, 9.17) is 0 Å². The van der Waals surface area contributed by atoms with Gasteiger partial charge in [0.25, 0.3) is 0 Å². The Bertz CT molecular complexity index is 1310. The van der Waals surface area contributed by atoms with E-state index in [1.807, 2.05) is 22.8 Å². The molecule has 5 rings (SSSR count). The van der Waals surface area contributed by atoms with Gasteiger partial charge in [0.2, 0.25) is 5.82 Å². The van der Waals surface area contributed by atoms with Crippen LogP contribution in [0.2, 0.25) is 0 Å². The molecule has 1 fully saturated rings. The Kier molecular flexibility index (Phi) is 6.93. The Morgan fingerprint density at radius 2 is 1.71 bits per heavy atom. The van der Waals surface area contributed by atoms with Crippen molar-refractivity contribution in [2.45, 2.75) is 71.9 Å². The third-order valence-corrected chi connectivity index (χ3v) is 7.38. The summed E-state index contributed by atoms with van der Waals surface area (Å²) in [7, 11) is 0. The monoisotopic (exact) mass is 470 g/mol. The molecule has 0 radical (unpaired) electrons. The van der Waals surface area contributed by atoms with Crippen LogP contribution in [0.15, 0.2) is 53.3 Å². The fraction of sp³-hybridized carbons (Fsp3) is 0.429. The SMILES string of the molecule is CCCc1c(C)n(CC2CCCCC2)c(=O)n1Cc1ccc(-c2ccccc2-c2nn[nH]n2)cc1. The minimum Gasteiger partial charge on any atom is -0.296 e. The Morgan fingerprint density at radius 1 is 0.971 bits per heavy atom. The molecule has 0 unspecified atom stereocenters. The summed E-state index contributed by atoms with van der Waals surface area (Å²) in [5.41, 5.74) is 6.67. The van der Waals surface area contributed by atoms with Crippen molar-refractivity contribution >= 4 is 0 Å². The fourth-order valence-corrected chi connectivity index (χ4v) is 5.49. The van der Waals surface area contributed by atoms with Crippen LogP contribution in [-0.2, 0) is 19.5 Å². The highest BCUT2D eigenvalue weighted by molar-refractivity contribution is 5.80. The number of benzene rings is 2. The molecule has 7 heteroatoms. The lowest BCUT2D eigenvalue weighted by molar-refractivity contribution is 0.313. The summed E-state index contributed by atoms with van der Waals surface area (Å²) in [6.07, 6.45) is 8.36. The molecule has 2 heterocycles. The second kappa shape index (κ2) is 10.4. The van der Waals surface area contributed by atoms with E-state index in [-0.39, 0.29) is 5.69 Å². The van der Waals surface area contributed by atoms with Crippen LogP contribution in [0.3, 0.4) is 0 Å². The van der Waals surface area contributed by atoms with Crippen molar-refractivity contribution < 1.29 is 0 Å². The van der Waals surface area contributed by atoms with Gasteiger partial charge in [0.15, 0.2) is 0 Å². The Labute approximate surface area is 206 Å². The molecule has 1 saturated carbocycles. The second-order valence-electron chi connectivity index (χ2n) is 9.74. The molecule has 0 amide bonds. The first-order chi connectivity index (χ1) is 17.2. The topological polar surface area (TPSA) is 81.4 Å². The normalized spacial score (nSPS) is 14.5. The van der Waals surface area contributed by atoms with E-state index in [9.17, 15) is 4.79 Å². The molecular formula is C28H34N6O. The highest BCUT2D eigenvalue weighted by Crippen LogP contribution is 2.30. The van der Waals surface area contributed by atoms with Crippen molar-refractivity contribution in [2.24, 2.45) is 5.92 Å². The van der Waals surface area contributed by atoms with Crippen molar-refractivity contribution in [1.82, 2.24) is 29.8 Å². The lowest BCUT2D eigenvalue weighted by atomic mass is 9.89. The maximum atomic E-state index is 13.5. The summed E-state index contributed by atoms with van der Waals surface area (Å²) in [4.78, 5) is 13.5. The lowest BCUT2D eigenvalue weighted by Crippen LogP contribution is -2.28. The van der Waals surface area contributed by atoms with Crippen LogP contribution < -0.4 is 5.69 Å². The number of imidazole rings is 1. The molecule has 4 aromatic rings. The highest BCUT2D eigenvalue weighted by atomic mass is 16.1. The zero-order chi connectivity index (χ0) is 24.2. The Hall–Kier alpha value is -3.48. The largest absolute Gasteiger partial charge is 0.328 e. The van der Waals surface area contributed by atoms with Gasteiger partial charge in [-0.1, -0.05) is 81.1 Å². The van der Waals surface area contributed by atoms with E-state index < -0.39 is 0 Å². The summed E-state index contributed by atoms with van der Waals surface area (Å²) in [6.45, 7) is 5.77. The quantitative estimate of drug-likeness (QED) is 0.374. The molecule has 1 aliphatic rings. The smallest absolute Gasteiger partial charge is 0.296 e. The number of hydrogen-bond acceptors (Lipinski definition) is 4. The zero-order valence-corrected chi connectivity index (χ0v) is 20.7. The first-order valence-corrected chi connectivity index (χ1v) is 12.9. The minimum atomic E-state index is 0.142. The van der Waals surface area contributed by atoms with Crippen molar-refractivity contribution in [3.63, 3.8) is 0 Å². The third-order valence-electron chi connectivity index (χ3n) is 7.38. The number of aromatic nitrogens is 6. The lowest BCUT2D eigenvalue weighted by Gasteiger charge is -2.22. The number of H-pyrrole nitrogens is 1. The second-order valence-corrected chi connectivity index (χ2v) is 9.74. The van der Waals surface area contributed by atoms with Crippen LogP contribution in [0.4, 0.5) is 0 Å². The highest BCUT2D eigenvalue weighted by Gasteiger charge is 2.21. The Morgan fingerprint density at radius 3 is 2.40 bits per heavy atom. The third kappa shape index (κ3) is 4.85. The summed E-state index contributed by atoms with van der Waals surface area (Å²) in [5, 5.41) is 14.5. The van der Waals surface area contributed by atoms with Crippen LogP contribution >= 0.6 is 0 Å². The van der Waals surface area contributed by atoms with Gasteiger partial charge in [-0.2, -0.15) is 5.21 Å². The minimum absolute atomic E-state index is 0.142. The van der Waals surface area contributed by atoms with Crippen molar-refractivity contribution in [2.75, 3.05) is 0 Å². The van der Waals surface area contributed by atoms with Crippen LogP contribution in [0.25, 0.3) is 22.5 Å². The van der Waals surface area contributed by atoms with Gasteiger partial charge < -0.3 is 0 Å². The molecule has 2 aromatic carbocycles. The first-order valence-electron chi connectivity index (χ1n) is 12.9. The maximum absolute atomic E-state index is 13.5. The van der Waals surface area contributed by atoms with Crippen LogP contribution in [0.1, 0.15) is 62.4 Å². The van der Waals surface area contributed by atoms with E-state index in [0.717, 1.165) is 47.3 Å². The van der Waals surface area contributed by atoms with Gasteiger partial charge in [0.05, 0.1) is 6.54 Å².